The zero-order valence-corrected chi connectivity index (χ0v) is 12.8. The van der Waals surface area contributed by atoms with E-state index < -0.39 is 0 Å². The summed E-state index contributed by atoms with van der Waals surface area (Å²) in [6.07, 6.45) is 2.90. The Morgan fingerprint density at radius 2 is 2.00 bits per heavy atom. The Bertz CT molecular complexity index is 542. The molecule has 0 fully saturated rings. The summed E-state index contributed by atoms with van der Waals surface area (Å²) in [5.41, 5.74) is 3.31. The number of nitrogens with one attached hydrogen (secondary N) is 1. The fourth-order valence-corrected chi connectivity index (χ4v) is 2.49. The number of nitrogens with zero attached hydrogens (tertiary/aromatic N) is 5. The van der Waals surface area contributed by atoms with Crippen molar-refractivity contribution < 1.29 is 0 Å². The van der Waals surface area contributed by atoms with Crippen LogP contribution in [0, 0.1) is 6.92 Å². The van der Waals surface area contributed by atoms with Crippen LogP contribution < -0.4 is 5.32 Å². The Morgan fingerprint density at radius 3 is 2.65 bits per heavy atom. The van der Waals surface area contributed by atoms with Gasteiger partial charge in [-0.25, -0.2) is 4.68 Å². The third kappa shape index (κ3) is 2.90. The minimum atomic E-state index is 0.0858. The molecule has 0 aliphatic heterocycles. The Balaban J connectivity index is 2.41. The number of aryl methyl sites for hydroxylation is 3. The highest BCUT2D eigenvalue weighted by molar-refractivity contribution is 5.22. The van der Waals surface area contributed by atoms with Crippen LogP contribution in [0.1, 0.15) is 50.3 Å². The maximum atomic E-state index is 4.54. The normalized spacial score (nSPS) is 12.8. The van der Waals surface area contributed by atoms with E-state index >= 15 is 0 Å². The van der Waals surface area contributed by atoms with Gasteiger partial charge in [0.2, 0.25) is 0 Å². The number of rotatable bonds is 7. The van der Waals surface area contributed by atoms with Gasteiger partial charge in [-0.05, 0) is 32.9 Å². The summed E-state index contributed by atoms with van der Waals surface area (Å²) in [5, 5.41) is 16.3. The van der Waals surface area contributed by atoms with Crippen LogP contribution in [-0.4, -0.2) is 31.3 Å². The van der Waals surface area contributed by atoms with Gasteiger partial charge in [-0.1, -0.05) is 19.1 Å². The van der Waals surface area contributed by atoms with E-state index in [2.05, 4.69) is 47.6 Å². The molecule has 0 saturated heterocycles. The van der Waals surface area contributed by atoms with Crippen molar-refractivity contribution in [2.75, 3.05) is 6.54 Å². The van der Waals surface area contributed by atoms with Crippen LogP contribution >= 0.6 is 0 Å². The van der Waals surface area contributed by atoms with Crippen LogP contribution in [0.4, 0.5) is 0 Å². The van der Waals surface area contributed by atoms with Crippen molar-refractivity contribution in [2.24, 2.45) is 0 Å². The minimum absolute atomic E-state index is 0.0858. The number of hydrogen-bond acceptors (Lipinski definition) is 4. The van der Waals surface area contributed by atoms with Gasteiger partial charge < -0.3 is 5.32 Å². The van der Waals surface area contributed by atoms with Crippen LogP contribution in [0.2, 0.25) is 0 Å². The lowest BCUT2D eigenvalue weighted by Gasteiger charge is -2.19. The lowest BCUT2D eigenvalue weighted by atomic mass is 10.1. The van der Waals surface area contributed by atoms with Gasteiger partial charge in [0.1, 0.15) is 0 Å². The van der Waals surface area contributed by atoms with Gasteiger partial charge in [0.05, 0.1) is 29.3 Å². The first-order valence-electron chi connectivity index (χ1n) is 7.37. The van der Waals surface area contributed by atoms with Crippen molar-refractivity contribution in [3.05, 3.63) is 29.3 Å². The van der Waals surface area contributed by atoms with Gasteiger partial charge in [0.25, 0.3) is 0 Å². The first-order chi connectivity index (χ1) is 9.71. The van der Waals surface area contributed by atoms with E-state index in [-0.39, 0.29) is 6.04 Å². The molecule has 0 aliphatic carbocycles. The van der Waals surface area contributed by atoms with E-state index in [4.69, 9.17) is 0 Å². The third-order valence-electron chi connectivity index (χ3n) is 3.32. The highest BCUT2D eigenvalue weighted by Gasteiger charge is 2.22. The van der Waals surface area contributed by atoms with Crippen molar-refractivity contribution in [3.63, 3.8) is 0 Å². The summed E-state index contributed by atoms with van der Waals surface area (Å²) in [5.74, 6) is 0. The van der Waals surface area contributed by atoms with Crippen LogP contribution in [0.3, 0.4) is 0 Å². The zero-order valence-electron chi connectivity index (χ0n) is 12.8. The Hall–Kier alpha value is -1.69. The van der Waals surface area contributed by atoms with Gasteiger partial charge in [-0.2, -0.15) is 5.10 Å². The predicted molar refractivity (Wildman–Crippen MR) is 78.5 cm³/mol. The molecule has 2 heterocycles. The first-order valence-corrected chi connectivity index (χ1v) is 7.37. The second kappa shape index (κ2) is 6.65. The fourth-order valence-electron chi connectivity index (χ4n) is 2.49. The molecule has 0 spiro atoms. The van der Waals surface area contributed by atoms with Gasteiger partial charge in [-0.3, -0.25) is 4.68 Å². The minimum Gasteiger partial charge on any atom is -0.304 e. The molecule has 110 valence electrons. The summed E-state index contributed by atoms with van der Waals surface area (Å²) in [4.78, 5) is 0. The molecule has 0 aliphatic rings. The average Bonchev–Trinajstić information content (AvgIpc) is 3.03. The largest absolute Gasteiger partial charge is 0.304 e. The highest BCUT2D eigenvalue weighted by Crippen LogP contribution is 2.22. The molecule has 1 atom stereocenters. The molecule has 0 amide bonds. The van der Waals surface area contributed by atoms with Crippen LogP contribution in [0.5, 0.6) is 0 Å². The molecule has 1 N–H and O–H groups in total. The Labute approximate surface area is 120 Å². The zero-order chi connectivity index (χ0) is 14.5. The van der Waals surface area contributed by atoms with Gasteiger partial charge in [-0.15, -0.1) is 5.10 Å². The van der Waals surface area contributed by atoms with Crippen molar-refractivity contribution in [1.29, 1.82) is 0 Å². The van der Waals surface area contributed by atoms with Crippen molar-refractivity contribution in [2.45, 2.75) is 53.2 Å². The maximum absolute atomic E-state index is 4.54. The summed E-state index contributed by atoms with van der Waals surface area (Å²) >= 11 is 0. The molecule has 2 aromatic rings. The summed E-state index contributed by atoms with van der Waals surface area (Å²) in [7, 11) is 0. The molecule has 20 heavy (non-hydrogen) atoms. The molecule has 0 aromatic carbocycles. The molecule has 2 rings (SSSR count). The van der Waals surface area contributed by atoms with Crippen LogP contribution in [-0.2, 0) is 13.1 Å². The second-order valence-corrected chi connectivity index (χ2v) is 4.90. The molecule has 2 aromatic heterocycles. The molecule has 0 radical (unpaired) electrons. The summed E-state index contributed by atoms with van der Waals surface area (Å²) in [6.45, 7) is 11.0. The first kappa shape index (κ1) is 14.7. The molecular formula is C14H24N6. The van der Waals surface area contributed by atoms with Gasteiger partial charge in [0, 0.05) is 13.1 Å². The smallest absolute Gasteiger partial charge is 0.0935 e. The third-order valence-corrected chi connectivity index (χ3v) is 3.32. The fraction of sp³-hybridized carbons (Fsp3) is 0.643. The van der Waals surface area contributed by atoms with E-state index in [0.29, 0.717) is 0 Å². The van der Waals surface area contributed by atoms with E-state index in [1.165, 1.54) is 5.69 Å². The molecule has 1 unspecified atom stereocenters. The topological polar surface area (TPSA) is 60.6 Å². The highest BCUT2D eigenvalue weighted by atomic mass is 15.4. The molecule has 6 nitrogen and oxygen atoms in total. The molecule has 0 saturated carbocycles. The van der Waals surface area contributed by atoms with E-state index in [9.17, 15) is 0 Å². The van der Waals surface area contributed by atoms with E-state index in [1.807, 2.05) is 22.5 Å². The van der Waals surface area contributed by atoms with Crippen molar-refractivity contribution >= 4 is 0 Å². The molecule has 0 bridgehead atoms. The van der Waals surface area contributed by atoms with E-state index in [0.717, 1.165) is 37.4 Å². The Kier molecular flexibility index (Phi) is 4.89. The standard InChI is InChI=1S/C14H24N6/c1-5-8-20-13(10-16-18-20)14(15-6-2)12-9-11(4)17-19(12)7-3/h9-10,14-15H,5-8H2,1-4H3. The number of aromatic nitrogens is 5. The quantitative estimate of drug-likeness (QED) is 0.839. The monoisotopic (exact) mass is 276 g/mol. The lowest BCUT2D eigenvalue weighted by Crippen LogP contribution is -2.27. The van der Waals surface area contributed by atoms with Crippen LogP contribution in [0.25, 0.3) is 0 Å². The van der Waals surface area contributed by atoms with E-state index in [1.54, 1.807) is 0 Å². The summed E-state index contributed by atoms with van der Waals surface area (Å²) in [6, 6.07) is 2.22. The Morgan fingerprint density at radius 1 is 1.20 bits per heavy atom. The van der Waals surface area contributed by atoms with Gasteiger partial charge >= 0.3 is 0 Å². The molecule has 6 heteroatoms. The lowest BCUT2D eigenvalue weighted by molar-refractivity contribution is 0.484. The van der Waals surface area contributed by atoms with Crippen LogP contribution in [0.15, 0.2) is 12.3 Å². The van der Waals surface area contributed by atoms with Crippen molar-refractivity contribution in [3.8, 4) is 0 Å². The van der Waals surface area contributed by atoms with Gasteiger partial charge in [0.15, 0.2) is 0 Å². The van der Waals surface area contributed by atoms with Crippen molar-refractivity contribution in [1.82, 2.24) is 30.1 Å². The molecular weight excluding hydrogens is 252 g/mol. The predicted octanol–water partition coefficient (Wildman–Crippen LogP) is 1.91. The second-order valence-electron chi connectivity index (χ2n) is 4.90. The average molecular weight is 276 g/mol. The SMILES string of the molecule is CCCn1nncc1C(NCC)c1cc(C)nn1CC. The maximum Gasteiger partial charge on any atom is 0.0935 e. The summed E-state index contributed by atoms with van der Waals surface area (Å²) < 4.78 is 4.03. The number of hydrogen-bond donors (Lipinski definition) is 1.